The zero-order valence-electron chi connectivity index (χ0n) is 11.3. The molecule has 0 amide bonds. The summed E-state index contributed by atoms with van der Waals surface area (Å²) in [5.41, 5.74) is 1.04. The lowest BCUT2D eigenvalue weighted by Crippen LogP contribution is -2.42. The second-order valence-electron chi connectivity index (χ2n) is 3.64. The molecule has 14 heavy (non-hydrogen) atoms. The molecule has 0 aromatic heterocycles. The first-order chi connectivity index (χ1) is 8.00. The van der Waals surface area contributed by atoms with Gasteiger partial charge in [-0.25, -0.2) is 0 Å². The lowest BCUT2D eigenvalue weighted by molar-refractivity contribution is -0.0571. The van der Waals surface area contributed by atoms with E-state index in [2.05, 4.69) is 0 Å². The molecule has 0 radical (unpaired) electrons. The monoisotopic (exact) mass is 195 g/mol. The van der Waals surface area contributed by atoms with Crippen LogP contribution in [0.3, 0.4) is 0 Å². The molecule has 0 spiro atoms. The molecule has 2 nitrogen and oxygen atoms in total. The van der Waals surface area contributed by atoms with Crippen molar-refractivity contribution in [1.82, 2.24) is 4.90 Å². The van der Waals surface area contributed by atoms with Crippen LogP contribution in [0.15, 0.2) is 30.3 Å². The van der Waals surface area contributed by atoms with E-state index in [1.54, 1.807) is 0 Å². The van der Waals surface area contributed by atoms with Gasteiger partial charge in [-0.05, 0) is 19.5 Å². The van der Waals surface area contributed by atoms with Crippen LogP contribution in [0.1, 0.15) is 22.7 Å². The Kier molecular flexibility index (Phi) is 1.94. The molecule has 1 saturated heterocycles. The highest BCUT2D eigenvalue weighted by Crippen LogP contribution is 2.26. The fourth-order valence-electron chi connectivity index (χ4n) is 1.80. The van der Waals surface area contributed by atoms with Crippen molar-refractivity contribution in [3.63, 3.8) is 0 Å². The number of hydrogen-bond donors (Lipinski definition) is 0. The normalized spacial score (nSPS) is 33.1. The molecule has 2 heteroatoms. The Balaban J connectivity index is 2.20. The summed E-state index contributed by atoms with van der Waals surface area (Å²) in [4.78, 5) is 1.54. The lowest BCUT2D eigenvalue weighted by atomic mass is 10.0. The second kappa shape index (κ2) is 4.11. The molecule has 1 heterocycles. The molecule has 1 aromatic rings. The lowest BCUT2D eigenvalue weighted by Gasteiger charge is -2.37. The third kappa shape index (κ3) is 1.81. The van der Waals surface area contributed by atoms with E-state index in [0.29, 0.717) is 13.2 Å². The molecule has 2 atom stereocenters. The first-order valence-corrected chi connectivity index (χ1v) is 4.93. The van der Waals surface area contributed by atoms with Crippen LogP contribution >= 0.6 is 0 Å². The van der Waals surface area contributed by atoms with Crippen molar-refractivity contribution >= 4 is 0 Å². The van der Waals surface area contributed by atoms with Crippen LogP contribution in [-0.2, 0) is 4.74 Å². The maximum absolute atomic E-state index is 7.51. The first-order valence-electron chi connectivity index (χ1n) is 6.43. The van der Waals surface area contributed by atoms with Gasteiger partial charge in [-0.1, -0.05) is 30.3 Å². The summed E-state index contributed by atoms with van der Waals surface area (Å²) in [6, 6.07) is 9.64. The van der Waals surface area contributed by atoms with Crippen LogP contribution < -0.4 is 0 Å². The predicted molar refractivity (Wildman–Crippen MR) is 57.2 cm³/mol. The summed E-state index contributed by atoms with van der Waals surface area (Å²) in [5.74, 6) is 0. The summed E-state index contributed by atoms with van der Waals surface area (Å²) in [6.45, 7) is 0.780. The maximum atomic E-state index is 7.51. The minimum absolute atomic E-state index is 0.140. The zero-order valence-corrected chi connectivity index (χ0v) is 8.31. The molecule has 0 aliphatic carbocycles. The van der Waals surface area contributed by atoms with E-state index in [1.807, 2.05) is 37.3 Å². The second-order valence-corrected chi connectivity index (χ2v) is 3.64. The molecule has 1 aliphatic rings. The van der Waals surface area contributed by atoms with E-state index < -0.39 is 6.98 Å². The van der Waals surface area contributed by atoms with Gasteiger partial charge in [-0.2, -0.15) is 0 Å². The summed E-state index contributed by atoms with van der Waals surface area (Å²) in [5, 5.41) is 0. The minimum Gasteiger partial charge on any atom is -0.371 e. The van der Waals surface area contributed by atoms with Crippen molar-refractivity contribution in [3.05, 3.63) is 35.9 Å². The Morgan fingerprint density at radius 1 is 1.43 bits per heavy atom. The van der Waals surface area contributed by atoms with Crippen LogP contribution in [-0.4, -0.2) is 31.1 Å². The van der Waals surface area contributed by atoms with Crippen molar-refractivity contribution in [2.45, 2.75) is 19.1 Å². The van der Waals surface area contributed by atoms with E-state index in [9.17, 15) is 0 Å². The average molecular weight is 195 g/mol. The van der Waals surface area contributed by atoms with Gasteiger partial charge in [0, 0.05) is 16.7 Å². The molecule has 0 bridgehead atoms. The summed E-state index contributed by atoms with van der Waals surface area (Å²) in [6.07, 6.45) is -0.162. The fourth-order valence-corrected chi connectivity index (χ4v) is 1.80. The highest BCUT2D eigenvalue weighted by atomic mass is 16.5. The van der Waals surface area contributed by atoms with Gasteiger partial charge in [0.15, 0.2) is 0 Å². The van der Waals surface area contributed by atoms with Gasteiger partial charge >= 0.3 is 0 Å². The number of rotatable bonds is 1. The molecule has 76 valence electrons. The van der Waals surface area contributed by atoms with Gasteiger partial charge in [0.25, 0.3) is 0 Å². The average Bonchev–Trinajstić information content (AvgIpc) is 2.29. The number of morpholine rings is 1. The molecule has 0 N–H and O–H groups in total. The van der Waals surface area contributed by atoms with E-state index in [1.165, 1.54) is 4.90 Å². The predicted octanol–water partition coefficient (Wildman–Crippen LogP) is 2.08. The van der Waals surface area contributed by atoms with Crippen LogP contribution in [0.5, 0.6) is 0 Å². The van der Waals surface area contributed by atoms with Crippen LogP contribution in [0.25, 0.3) is 0 Å². The largest absolute Gasteiger partial charge is 0.371 e. The molecule has 0 unspecified atom stereocenters. The van der Waals surface area contributed by atoms with Crippen molar-refractivity contribution in [3.8, 4) is 0 Å². The number of ether oxygens (including phenoxy) is 1. The maximum Gasteiger partial charge on any atom is 0.0977 e. The molecule has 2 rings (SSSR count). The van der Waals surface area contributed by atoms with Gasteiger partial charge in [0.2, 0.25) is 0 Å². The van der Waals surface area contributed by atoms with E-state index >= 15 is 0 Å². The molecular weight excluding hydrogens is 175 g/mol. The van der Waals surface area contributed by atoms with Gasteiger partial charge < -0.3 is 4.74 Å². The molecule has 0 saturated carbocycles. The van der Waals surface area contributed by atoms with Crippen molar-refractivity contribution in [2.24, 2.45) is 0 Å². The smallest absolute Gasteiger partial charge is 0.0977 e. The minimum atomic E-state index is -2.05. The molecule has 1 aliphatic heterocycles. The summed E-state index contributed by atoms with van der Waals surface area (Å²) in [7, 11) is 0. The van der Waals surface area contributed by atoms with Crippen molar-refractivity contribution in [2.75, 3.05) is 20.1 Å². The number of likely N-dealkylation sites (N-methyl/N-ethyl adjacent to an activating group) is 1. The first kappa shape index (κ1) is 6.59. The third-order valence-electron chi connectivity index (χ3n) is 2.69. The number of nitrogens with zero attached hydrogens (tertiary/aromatic N) is 1. The van der Waals surface area contributed by atoms with Gasteiger partial charge in [0.05, 0.1) is 12.7 Å². The highest BCUT2D eigenvalue weighted by molar-refractivity contribution is 5.19. The Hall–Kier alpha value is -0.860. The Morgan fingerprint density at radius 3 is 2.93 bits per heavy atom. The Bertz CT molecular complexity index is 366. The Labute approximate surface area is 89.7 Å². The third-order valence-corrected chi connectivity index (χ3v) is 2.69. The zero-order chi connectivity index (χ0) is 12.5. The van der Waals surface area contributed by atoms with E-state index in [4.69, 9.17) is 8.85 Å². The van der Waals surface area contributed by atoms with E-state index in [0.717, 1.165) is 5.56 Å². The van der Waals surface area contributed by atoms with Crippen molar-refractivity contribution in [1.29, 1.82) is 0 Å². The summed E-state index contributed by atoms with van der Waals surface area (Å²) >= 11 is 0. The highest BCUT2D eigenvalue weighted by Gasteiger charge is 2.27. The topological polar surface area (TPSA) is 12.5 Å². The molecular formula is C12H17NO. The Morgan fingerprint density at radius 2 is 2.21 bits per heavy atom. The molecule has 1 aromatic carbocycles. The number of benzene rings is 1. The fraction of sp³-hybridized carbons (Fsp3) is 0.500. The van der Waals surface area contributed by atoms with Crippen LogP contribution in [0.2, 0.25) is 0 Å². The quantitative estimate of drug-likeness (QED) is 0.636. The van der Waals surface area contributed by atoms with Crippen LogP contribution in [0.4, 0.5) is 0 Å². The van der Waals surface area contributed by atoms with Gasteiger partial charge in [-0.15, -0.1) is 0 Å². The van der Waals surface area contributed by atoms with Gasteiger partial charge in [-0.3, -0.25) is 4.90 Å². The van der Waals surface area contributed by atoms with Crippen molar-refractivity contribution < 1.29 is 8.85 Å². The number of hydrogen-bond acceptors (Lipinski definition) is 2. The standard InChI is InChI=1S/C12H17NO/c1-10-12(14-9-8-13(10)2)11-6-4-3-5-7-11/h3-7,10,12H,8-9H2,1-2H3/t10-,12+/m0/s1/i2+1D3. The summed E-state index contributed by atoms with van der Waals surface area (Å²) < 4.78 is 28.2. The molecule has 1 fully saturated rings. The SMILES string of the molecule is [2H][13C]([2H])([2H])N1CCO[C@@H](c2ccccc2)[C@@H]1C. The van der Waals surface area contributed by atoms with Gasteiger partial charge in [0.1, 0.15) is 0 Å². The van der Waals surface area contributed by atoms with Crippen LogP contribution in [0, 0.1) is 0 Å². The van der Waals surface area contributed by atoms with E-state index in [-0.39, 0.29) is 12.1 Å².